The lowest BCUT2D eigenvalue weighted by molar-refractivity contribution is -0.143. The number of piperazine rings is 1. The molecule has 12 nitrogen and oxygen atoms in total. The molecule has 1 N–H and O–H groups in total. The Kier molecular flexibility index (Phi) is 7.93. The van der Waals surface area contributed by atoms with Gasteiger partial charge in [0.2, 0.25) is 17.7 Å². The molecule has 0 spiro atoms. The topological polar surface area (TPSA) is 127 Å². The third kappa shape index (κ3) is 5.94. The van der Waals surface area contributed by atoms with E-state index in [2.05, 4.69) is 20.7 Å². The second-order valence-electron chi connectivity index (χ2n) is 10.3. The van der Waals surface area contributed by atoms with Crippen LogP contribution in [0.3, 0.4) is 0 Å². The van der Waals surface area contributed by atoms with Crippen LogP contribution in [0.2, 0.25) is 10.2 Å². The van der Waals surface area contributed by atoms with E-state index in [4.69, 9.17) is 27.9 Å². The summed E-state index contributed by atoms with van der Waals surface area (Å²) in [5, 5.41) is 16.5. The maximum absolute atomic E-state index is 13.8. The highest BCUT2D eigenvalue weighted by atomic mass is 35.5. The van der Waals surface area contributed by atoms with Crippen LogP contribution in [0.15, 0.2) is 73.1 Å². The number of nitrogens with one attached hydrogen (secondary N) is 1. The minimum atomic E-state index is -0.987. The average Bonchev–Trinajstić information content (AvgIpc) is 3.61. The summed E-state index contributed by atoms with van der Waals surface area (Å²) in [5.74, 6) is -0.586. The van der Waals surface area contributed by atoms with E-state index in [9.17, 15) is 14.4 Å². The third-order valence-corrected chi connectivity index (χ3v) is 7.72. The summed E-state index contributed by atoms with van der Waals surface area (Å²) < 4.78 is 8.35. The molecule has 6 rings (SSSR count). The molecule has 224 valence electrons. The van der Waals surface area contributed by atoms with Crippen molar-refractivity contribution in [1.29, 1.82) is 0 Å². The minimum absolute atomic E-state index is 0.160. The van der Waals surface area contributed by atoms with Crippen molar-refractivity contribution < 1.29 is 19.1 Å². The van der Waals surface area contributed by atoms with Gasteiger partial charge in [-0.25, -0.2) is 4.68 Å². The molecule has 1 saturated heterocycles. The molecule has 44 heavy (non-hydrogen) atoms. The zero-order valence-corrected chi connectivity index (χ0v) is 25.2. The molecule has 1 aliphatic heterocycles. The van der Waals surface area contributed by atoms with Crippen LogP contribution < -0.4 is 15.0 Å². The molecule has 1 atom stereocenters. The quantitative estimate of drug-likeness (QED) is 0.275. The summed E-state index contributed by atoms with van der Waals surface area (Å²) in [6.07, 6.45) is 3.50. The van der Waals surface area contributed by atoms with Crippen molar-refractivity contribution in [3.05, 3.63) is 88.8 Å². The molecule has 2 aromatic heterocycles. The summed E-state index contributed by atoms with van der Waals surface area (Å²) in [6.45, 7) is -0.651. The highest BCUT2D eigenvalue weighted by molar-refractivity contribution is 6.31. The Morgan fingerprint density at radius 2 is 1.77 bits per heavy atom. The van der Waals surface area contributed by atoms with Gasteiger partial charge in [-0.1, -0.05) is 40.5 Å². The number of fused-ring (bicyclic) bond motifs is 1. The summed E-state index contributed by atoms with van der Waals surface area (Å²) >= 11 is 12.3. The fourth-order valence-corrected chi connectivity index (χ4v) is 5.48. The van der Waals surface area contributed by atoms with E-state index < -0.39 is 23.8 Å². The van der Waals surface area contributed by atoms with E-state index in [0.717, 1.165) is 16.5 Å². The number of nitrogens with zero attached hydrogens (tertiary/aromatic N) is 7. The number of carbonyl (C=O) groups is 3. The molecule has 0 aliphatic carbocycles. The van der Waals surface area contributed by atoms with Crippen molar-refractivity contribution in [3.63, 3.8) is 0 Å². The summed E-state index contributed by atoms with van der Waals surface area (Å²) in [4.78, 5) is 43.9. The predicted octanol–water partition coefficient (Wildman–Crippen LogP) is 3.89. The smallest absolute Gasteiger partial charge is 0.247 e. The number of hydrogen-bond donors (Lipinski definition) is 1. The third-order valence-electron chi connectivity index (χ3n) is 7.31. The van der Waals surface area contributed by atoms with E-state index in [1.807, 2.05) is 37.5 Å². The number of aryl methyl sites for hydroxylation is 1. The van der Waals surface area contributed by atoms with Gasteiger partial charge in [0.1, 0.15) is 24.9 Å². The van der Waals surface area contributed by atoms with Gasteiger partial charge in [-0.2, -0.15) is 5.10 Å². The second-order valence-corrected chi connectivity index (χ2v) is 11.1. The van der Waals surface area contributed by atoms with Gasteiger partial charge >= 0.3 is 0 Å². The maximum atomic E-state index is 13.8. The summed E-state index contributed by atoms with van der Waals surface area (Å²) in [7, 11) is 3.38. The molecular formula is C30H26Cl2N8O4. The molecule has 1 fully saturated rings. The number of amides is 3. The molecule has 1 unspecified atom stereocenters. The molecule has 0 saturated carbocycles. The molecule has 14 heteroatoms. The maximum Gasteiger partial charge on any atom is 0.247 e. The first kappa shape index (κ1) is 29.1. The highest BCUT2D eigenvalue weighted by Crippen LogP contribution is 2.31. The minimum Gasteiger partial charge on any atom is -0.497 e. The lowest BCUT2D eigenvalue weighted by atomic mass is 10.0. The zero-order valence-electron chi connectivity index (χ0n) is 23.6. The number of halogens is 2. The Balaban J connectivity index is 1.29. The van der Waals surface area contributed by atoms with E-state index in [0.29, 0.717) is 27.8 Å². The van der Waals surface area contributed by atoms with Crippen LogP contribution in [-0.4, -0.2) is 73.6 Å². The van der Waals surface area contributed by atoms with Gasteiger partial charge in [-0.15, -0.1) is 5.10 Å². The van der Waals surface area contributed by atoms with E-state index >= 15 is 0 Å². The molecule has 0 radical (unpaired) electrons. The lowest BCUT2D eigenvalue weighted by Gasteiger charge is -2.38. The Morgan fingerprint density at radius 3 is 2.50 bits per heavy atom. The van der Waals surface area contributed by atoms with Crippen LogP contribution in [0.5, 0.6) is 5.75 Å². The normalized spacial score (nSPS) is 14.3. The first-order valence-electron chi connectivity index (χ1n) is 13.5. The molecule has 1 aliphatic rings. The lowest BCUT2D eigenvalue weighted by Crippen LogP contribution is -2.60. The Labute approximate surface area is 261 Å². The van der Waals surface area contributed by atoms with Gasteiger partial charge in [0.05, 0.1) is 30.2 Å². The van der Waals surface area contributed by atoms with Crippen LogP contribution in [0, 0.1) is 0 Å². The standard InChI is InChI=1S/C30H26Cl2N8O4/c1-37-14-19-12-21(6-9-23(19)35-37)33-30(43)26(11-18-3-7-22(44-2)8-4-18)39-17-28(41)38(16-29(39)42)25-13-20(31)5-10-24(25)40-15-27(32)34-36-40/h3-10,12-15,26H,11,16-17H2,1-2H3,(H,33,43). The number of ether oxygens (including phenoxy) is 1. The molecule has 3 aromatic carbocycles. The SMILES string of the molecule is COc1ccc(CC(C(=O)Nc2ccc3nn(C)cc3c2)N2CC(=O)N(c3cc(Cl)ccc3-n3cc(Cl)nn3)CC2=O)cc1. The van der Waals surface area contributed by atoms with Crippen molar-refractivity contribution in [2.45, 2.75) is 12.5 Å². The van der Waals surface area contributed by atoms with Crippen LogP contribution in [-0.2, 0) is 27.9 Å². The van der Waals surface area contributed by atoms with Crippen molar-refractivity contribution in [2.75, 3.05) is 30.4 Å². The number of aromatic nitrogens is 5. The summed E-state index contributed by atoms with van der Waals surface area (Å²) in [5.41, 5.74) is 2.93. The van der Waals surface area contributed by atoms with Crippen LogP contribution in [0.1, 0.15) is 5.56 Å². The molecule has 3 heterocycles. The molecule has 5 aromatic rings. The van der Waals surface area contributed by atoms with Crippen LogP contribution in [0.25, 0.3) is 16.6 Å². The van der Waals surface area contributed by atoms with Gasteiger partial charge < -0.3 is 15.0 Å². The van der Waals surface area contributed by atoms with Crippen LogP contribution >= 0.6 is 23.2 Å². The number of benzene rings is 3. The van der Waals surface area contributed by atoms with Gasteiger partial charge in [0.25, 0.3) is 0 Å². The fourth-order valence-electron chi connectivity index (χ4n) is 5.19. The number of hydrogen-bond acceptors (Lipinski definition) is 7. The number of anilines is 2. The Hall–Kier alpha value is -4.94. The van der Waals surface area contributed by atoms with Crippen molar-refractivity contribution in [1.82, 2.24) is 29.7 Å². The molecular weight excluding hydrogens is 607 g/mol. The van der Waals surface area contributed by atoms with Gasteiger partial charge in [0, 0.05) is 35.8 Å². The van der Waals surface area contributed by atoms with Crippen molar-refractivity contribution >= 4 is 63.2 Å². The number of carbonyl (C=O) groups excluding carboxylic acids is 3. The largest absolute Gasteiger partial charge is 0.497 e. The second kappa shape index (κ2) is 12.0. The zero-order chi connectivity index (χ0) is 31.0. The van der Waals surface area contributed by atoms with E-state index in [-0.39, 0.29) is 24.7 Å². The van der Waals surface area contributed by atoms with Crippen molar-refractivity contribution in [2.24, 2.45) is 7.05 Å². The van der Waals surface area contributed by atoms with Gasteiger partial charge in [-0.05, 0) is 54.1 Å². The Morgan fingerprint density at radius 1 is 0.977 bits per heavy atom. The first-order chi connectivity index (χ1) is 21.2. The van der Waals surface area contributed by atoms with E-state index in [1.165, 1.54) is 20.7 Å². The van der Waals surface area contributed by atoms with Crippen molar-refractivity contribution in [3.8, 4) is 11.4 Å². The Bertz CT molecular complexity index is 1890. The molecule has 3 amide bonds. The fraction of sp³-hybridized carbons (Fsp3) is 0.200. The van der Waals surface area contributed by atoms with Gasteiger partial charge in [-0.3, -0.25) is 24.0 Å². The highest BCUT2D eigenvalue weighted by Gasteiger charge is 2.39. The monoisotopic (exact) mass is 632 g/mol. The van der Waals surface area contributed by atoms with E-state index in [1.54, 1.807) is 48.2 Å². The van der Waals surface area contributed by atoms with Gasteiger partial charge in [0.15, 0.2) is 5.15 Å². The molecule has 0 bridgehead atoms. The summed E-state index contributed by atoms with van der Waals surface area (Å²) in [6, 6.07) is 16.5. The predicted molar refractivity (Wildman–Crippen MR) is 165 cm³/mol. The van der Waals surface area contributed by atoms with Crippen LogP contribution in [0.4, 0.5) is 11.4 Å². The average molecular weight is 633 g/mol. The first-order valence-corrected chi connectivity index (χ1v) is 14.3. The number of rotatable bonds is 8. The number of methoxy groups -OCH3 is 1.